The predicted molar refractivity (Wildman–Crippen MR) is 96.4 cm³/mol. The summed E-state index contributed by atoms with van der Waals surface area (Å²) in [5.74, 6) is -0.205. The SMILES string of the molecule is CC(=O)N(CCNC(=O)c1cccs1)c1cccc2cccnc12. The van der Waals surface area contributed by atoms with Crippen LogP contribution in [0.5, 0.6) is 0 Å². The molecule has 2 heterocycles. The van der Waals surface area contributed by atoms with Crippen molar-refractivity contribution < 1.29 is 9.59 Å². The van der Waals surface area contributed by atoms with Crippen molar-refractivity contribution >= 4 is 39.7 Å². The Morgan fingerprint density at radius 2 is 2.00 bits per heavy atom. The van der Waals surface area contributed by atoms with E-state index in [0.717, 1.165) is 16.6 Å². The maximum Gasteiger partial charge on any atom is 0.261 e. The standard InChI is InChI=1S/C18H17N3O2S/c1-13(22)21(11-10-20-18(23)16-8-4-12-24-16)15-7-2-5-14-6-3-9-19-17(14)15/h2-9,12H,10-11H2,1H3,(H,20,23). The highest BCUT2D eigenvalue weighted by Gasteiger charge is 2.15. The number of thiophene rings is 1. The number of benzene rings is 1. The predicted octanol–water partition coefficient (Wildman–Crippen LogP) is 3.08. The Balaban J connectivity index is 1.75. The average molecular weight is 339 g/mol. The molecule has 24 heavy (non-hydrogen) atoms. The number of aromatic nitrogens is 1. The summed E-state index contributed by atoms with van der Waals surface area (Å²) in [6.45, 7) is 2.28. The molecule has 122 valence electrons. The summed E-state index contributed by atoms with van der Waals surface area (Å²) in [4.78, 5) is 30.8. The summed E-state index contributed by atoms with van der Waals surface area (Å²) < 4.78 is 0. The van der Waals surface area contributed by atoms with E-state index in [1.165, 1.54) is 18.3 Å². The molecule has 3 rings (SSSR count). The minimum Gasteiger partial charge on any atom is -0.350 e. The smallest absolute Gasteiger partial charge is 0.261 e. The molecule has 0 fully saturated rings. The number of nitrogens with one attached hydrogen (secondary N) is 1. The second kappa shape index (κ2) is 7.23. The Kier molecular flexibility index (Phi) is 4.86. The number of pyridine rings is 1. The Bertz CT molecular complexity index is 856. The van der Waals surface area contributed by atoms with E-state index in [1.807, 2.05) is 41.8 Å². The minimum atomic E-state index is -0.121. The molecule has 0 aliphatic carbocycles. The molecular formula is C18H17N3O2S. The van der Waals surface area contributed by atoms with Crippen LogP contribution in [0.4, 0.5) is 5.69 Å². The van der Waals surface area contributed by atoms with Gasteiger partial charge in [-0.15, -0.1) is 11.3 Å². The van der Waals surface area contributed by atoms with Crippen molar-refractivity contribution in [2.24, 2.45) is 0 Å². The van der Waals surface area contributed by atoms with E-state index < -0.39 is 0 Å². The van der Waals surface area contributed by atoms with Crippen molar-refractivity contribution in [1.29, 1.82) is 0 Å². The summed E-state index contributed by atoms with van der Waals surface area (Å²) in [7, 11) is 0. The van der Waals surface area contributed by atoms with Crippen LogP contribution in [0.1, 0.15) is 16.6 Å². The molecule has 2 aromatic heterocycles. The van der Waals surface area contributed by atoms with Gasteiger partial charge in [-0.1, -0.05) is 24.3 Å². The Hall–Kier alpha value is -2.73. The molecule has 0 bridgehead atoms. The van der Waals surface area contributed by atoms with Crippen LogP contribution in [0.2, 0.25) is 0 Å². The lowest BCUT2D eigenvalue weighted by Crippen LogP contribution is -2.37. The molecule has 0 unspecified atom stereocenters. The monoisotopic (exact) mass is 339 g/mol. The first-order valence-corrected chi connectivity index (χ1v) is 8.48. The lowest BCUT2D eigenvalue weighted by Gasteiger charge is -2.22. The van der Waals surface area contributed by atoms with Crippen LogP contribution in [-0.2, 0) is 4.79 Å². The number of para-hydroxylation sites is 1. The number of amides is 2. The fraction of sp³-hybridized carbons (Fsp3) is 0.167. The van der Waals surface area contributed by atoms with Crippen LogP contribution in [0.15, 0.2) is 54.0 Å². The van der Waals surface area contributed by atoms with Gasteiger partial charge in [0.25, 0.3) is 5.91 Å². The number of carbonyl (C=O) groups is 2. The van der Waals surface area contributed by atoms with E-state index >= 15 is 0 Å². The molecule has 5 nitrogen and oxygen atoms in total. The Labute approximate surface area is 143 Å². The Morgan fingerprint density at radius 1 is 1.17 bits per heavy atom. The zero-order valence-corrected chi connectivity index (χ0v) is 14.0. The van der Waals surface area contributed by atoms with Crippen LogP contribution in [0, 0.1) is 0 Å². The van der Waals surface area contributed by atoms with Gasteiger partial charge in [0.2, 0.25) is 5.91 Å². The lowest BCUT2D eigenvalue weighted by molar-refractivity contribution is -0.116. The molecule has 0 spiro atoms. The van der Waals surface area contributed by atoms with Gasteiger partial charge in [-0.2, -0.15) is 0 Å². The van der Waals surface area contributed by atoms with Crippen LogP contribution in [0.3, 0.4) is 0 Å². The molecule has 0 aliphatic rings. The first-order chi connectivity index (χ1) is 11.7. The van der Waals surface area contributed by atoms with Crippen LogP contribution in [0.25, 0.3) is 10.9 Å². The van der Waals surface area contributed by atoms with Gasteiger partial charge >= 0.3 is 0 Å². The average Bonchev–Trinajstić information content (AvgIpc) is 3.13. The van der Waals surface area contributed by atoms with Crippen LogP contribution in [-0.4, -0.2) is 29.9 Å². The fourth-order valence-electron chi connectivity index (χ4n) is 2.53. The van der Waals surface area contributed by atoms with Gasteiger partial charge < -0.3 is 10.2 Å². The third kappa shape index (κ3) is 3.44. The minimum absolute atomic E-state index is 0.0847. The van der Waals surface area contributed by atoms with E-state index in [2.05, 4.69) is 10.3 Å². The summed E-state index contributed by atoms with van der Waals surface area (Å²) in [6, 6.07) is 13.2. The quantitative estimate of drug-likeness (QED) is 0.777. The van der Waals surface area contributed by atoms with Gasteiger partial charge in [0.15, 0.2) is 0 Å². The largest absolute Gasteiger partial charge is 0.350 e. The molecule has 1 aromatic carbocycles. The summed E-state index contributed by atoms with van der Waals surface area (Å²) in [5, 5.41) is 5.68. The number of fused-ring (bicyclic) bond motifs is 1. The van der Waals surface area contributed by atoms with Crippen molar-refractivity contribution in [3.8, 4) is 0 Å². The van der Waals surface area contributed by atoms with Crippen molar-refractivity contribution in [3.05, 3.63) is 58.9 Å². The van der Waals surface area contributed by atoms with Crippen molar-refractivity contribution in [2.75, 3.05) is 18.0 Å². The molecule has 6 heteroatoms. The van der Waals surface area contributed by atoms with Crippen molar-refractivity contribution in [1.82, 2.24) is 10.3 Å². The number of carbonyl (C=O) groups excluding carboxylic acids is 2. The highest BCUT2D eigenvalue weighted by molar-refractivity contribution is 7.12. The molecular weight excluding hydrogens is 322 g/mol. The van der Waals surface area contributed by atoms with Gasteiger partial charge in [-0.3, -0.25) is 14.6 Å². The molecule has 0 atom stereocenters. The van der Waals surface area contributed by atoms with Crippen molar-refractivity contribution in [2.45, 2.75) is 6.92 Å². The van der Waals surface area contributed by atoms with Gasteiger partial charge in [-0.05, 0) is 23.6 Å². The van der Waals surface area contributed by atoms with E-state index in [1.54, 1.807) is 17.2 Å². The molecule has 0 radical (unpaired) electrons. The molecule has 0 saturated carbocycles. The zero-order chi connectivity index (χ0) is 16.9. The number of hydrogen-bond donors (Lipinski definition) is 1. The van der Waals surface area contributed by atoms with Gasteiger partial charge in [0, 0.05) is 31.6 Å². The fourth-order valence-corrected chi connectivity index (χ4v) is 3.17. The summed E-state index contributed by atoms with van der Waals surface area (Å²) >= 11 is 1.39. The normalized spacial score (nSPS) is 10.5. The van der Waals surface area contributed by atoms with E-state index in [0.29, 0.717) is 18.0 Å². The topological polar surface area (TPSA) is 62.3 Å². The second-order valence-electron chi connectivity index (χ2n) is 5.26. The summed E-state index contributed by atoms with van der Waals surface area (Å²) in [6.07, 6.45) is 1.71. The highest BCUT2D eigenvalue weighted by Crippen LogP contribution is 2.24. The molecule has 2 amide bonds. The number of anilines is 1. The zero-order valence-electron chi connectivity index (χ0n) is 13.2. The molecule has 0 saturated heterocycles. The van der Waals surface area contributed by atoms with Crippen molar-refractivity contribution in [3.63, 3.8) is 0 Å². The third-order valence-electron chi connectivity index (χ3n) is 3.65. The molecule has 3 aromatic rings. The van der Waals surface area contributed by atoms with Crippen LogP contribution < -0.4 is 10.2 Å². The maximum absolute atomic E-state index is 12.1. The van der Waals surface area contributed by atoms with Crippen LogP contribution >= 0.6 is 11.3 Å². The number of hydrogen-bond acceptors (Lipinski definition) is 4. The first kappa shape index (κ1) is 16.1. The molecule has 0 aliphatic heterocycles. The Morgan fingerprint density at radius 3 is 2.75 bits per heavy atom. The number of nitrogens with zero attached hydrogens (tertiary/aromatic N) is 2. The third-order valence-corrected chi connectivity index (χ3v) is 4.52. The van der Waals surface area contributed by atoms with Gasteiger partial charge in [0.1, 0.15) is 0 Å². The van der Waals surface area contributed by atoms with Gasteiger partial charge in [-0.25, -0.2) is 0 Å². The maximum atomic E-state index is 12.1. The second-order valence-corrected chi connectivity index (χ2v) is 6.20. The lowest BCUT2D eigenvalue weighted by atomic mass is 10.1. The van der Waals surface area contributed by atoms with E-state index in [-0.39, 0.29) is 11.8 Å². The first-order valence-electron chi connectivity index (χ1n) is 7.60. The molecule has 1 N–H and O–H groups in total. The highest BCUT2D eigenvalue weighted by atomic mass is 32.1. The number of rotatable bonds is 5. The van der Waals surface area contributed by atoms with Gasteiger partial charge in [0.05, 0.1) is 16.1 Å². The van der Waals surface area contributed by atoms with E-state index in [9.17, 15) is 9.59 Å². The summed E-state index contributed by atoms with van der Waals surface area (Å²) in [5.41, 5.74) is 1.53. The van der Waals surface area contributed by atoms with E-state index in [4.69, 9.17) is 0 Å².